The Morgan fingerprint density at radius 1 is 1.18 bits per heavy atom. The summed E-state index contributed by atoms with van der Waals surface area (Å²) in [7, 11) is 1.07. The molecule has 2 N–H and O–H groups in total. The number of nitrogens with zero attached hydrogens (tertiary/aromatic N) is 3. The van der Waals surface area contributed by atoms with Gasteiger partial charge in [0.1, 0.15) is 11.5 Å². The Bertz CT molecular complexity index is 1080. The molecule has 1 heterocycles. The molecule has 0 unspecified atom stereocenters. The molecule has 2 aromatic carbocycles. The third kappa shape index (κ3) is 4.95. The monoisotopic (exact) mass is 487 g/mol. The van der Waals surface area contributed by atoms with Crippen LogP contribution in [0.2, 0.25) is 0 Å². The van der Waals surface area contributed by atoms with Crippen LogP contribution in [-0.2, 0) is 30.4 Å². The Balaban J connectivity index is 2.11. The van der Waals surface area contributed by atoms with Crippen molar-refractivity contribution in [3.63, 3.8) is 0 Å². The fraction of sp³-hybridized carbons (Fsp3) is 0.391. The molecular weight excluding hydrogens is 462 g/mol. The van der Waals surface area contributed by atoms with Crippen molar-refractivity contribution in [3.8, 4) is 0 Å². The number of benzene rings is 2. The van der Waals surface area contributed by atoms with Gasteiger partial charge in [-0.05, 0) is 37.1 Å². The van der Waals surface area contributed by atoms with E-state index in [1.54, 1.807) is 42.5 Å². The standard InChI is InChI=1S/C23H25N3O7S/c1-14-9-11-17(12-10-14)34-21-23(30,25-26-24)20(32-13-16-7-5-4-6-8-16)22(29,15(2)27)18(33-21)19(28)31-3/h4-12,18,20-21,29-30H,13H2,1-3H3/t18-,20+,21-,22-,23-/m1/s1. The van der Waals surface area contributed by atoms with Crippen LogP contribution in [-0.4, -0.2) is 58.0 Å². The van der Waals surface area contributed by atoms with Gasteiger partial charge in [0.25, 0.3) is 0 Å². The van der Waals surface area contributed by atoms with Gasteiger partial charge in [-0.1, -0.05) is 64.9 Å². The van der Waals surface area contributed by atoms with Crippen LogP contribution in [0.5, 0.6) is 0 Å². The van der Waals surface area contributed by atoms with E-state index >= 15 is 0 Å². The fourth-order valence-electron chi connectivity index (χ4n) is 3.65. The average molecular weight is 488 g/mol. The fourth-order valence-corrected chi connectivity index (χ4v) is 4.70. The van der Waals surface area contributed by atoms with Crippen molar-refractivity contribution in [2.24, 2.45) is 5.11 Å². The number of hydrogen-bond donors (Lipinski definition) is 2. The van der Waals surface area contributed by atoms with Crippen LogP contribution in [0.25, 0.3) is 10.4 Å². The molecule has 0 amide bonds. The van der Waals surface area contributed by atoms with Crippen molar-refractivity contribution in [3.05, 3.63) is 76.2 Å². The van der Waals surface area contributed by atoms with Crippen molar-refractivity contribution < 1.29 is 34.0 Å². The molecule has 5 atom stereocenters. The van der Waals surface area contributed by atoms with Crippen molar-refractivity contribution in [1.82, 2.24) is 0 Å². The van der Waals surface area contributed by atoms with E-state index in [4.69, 9.17) is 14.2 Å². The number of hydrogen-bond acceptors (Lipinski definition) is 9. The first-order chi connectivity index (χ1) is 16.2. The number of thioether (sulfide) groups is 1. The first-order valence-corrected chi connectivity index (χ1v) is 11.2. The summed E-state index contributed by atoms with van der Waals surface area (Å²) in [6.45, 7) is 2.75. The average Bonchev–Trinajstić information content (AvgIpc) is 2.82. The van der Waals surface area contributed by atoms with Crippen molar-refractivity contribution in [2.75, 3.05) is 7.11 Å². The second kappa shape index (κ2) is 10.6. The first-order valence-electron chi connectivity index (χ1n) is 10.3. The number of aliphatic hydroxyl groups is 2. The van der Waals surface area contributed by atoms with Crippen LogP contribution in [0.3, 0.4) is 0 Å². The number of rotatable bonds is 8. The molecule has 0 aliphatic carbocycles. The molecule has 1 saturated heterocycles. The number of ether oxygens (including phenoxy) is 3. The maximum atomic E-state index is 12.7. The van der Waals surface area contributed by atoms with Crippen LogP contribution < -0.4 is 0 Å². The molecule has 0 spiro atoms. The van der Waals surface area contributed by atoms with Crippen LogP contribution in [0.4, 0.5) is 0 Å². The number of carbonyl (C=O) groups excluding carboxylic acids is 2. The van der Waals surface area contributed by atoms with E-state index in [0.29, 0.717) is 10.5 Å². The molecular formula is C23H25N3O7S. The van der Waals surface area contributed by atoms with Gasteiger partial charge in [0, 0.05) is 9.81 Å². The Morgan fingerprint density at radius 3 is 2.38 bits per heavy atom. The van der Waals surface area contributed by atoms with Crippen molar-refractivity contribution in [1.29, 1.82) is 0 Å². The highest BCUT2D eigenvalue weighted by molar-refractivity contribution is 7.99. The molecule has 2 aromatic rings. The molecule has 1 fully saturated rings. The van der Waals surface area contributed by atoms with Gasteiger partial charge in [-0.25, -0.2) is 4.79 Å². The summed E-state index contributed by atoms with van der Waals surface area (Å²) in [5, 5.41) is 26.6. The van der Waals surface area contributed by atoms with Gasteiger partial charge in [0.05, 0.1) is 13.7 Å². The number of aryl methyl sites for hydroxylation is 1. The molecule has 3 rings (SSSR count). The third-order valence-corrected chi connectivity index (χ3v) is 6.72. The minimum absolute atomic E-state index is 0.167. The molecule has 1 aliphatic heterocycles. The van der Waals surface area contributed by atoms with Gasteiger partial charge >= 0.3 is 5.97 Å². The molecule has 10 nitrogen and oxygen atoms in total. The Hall–Kier alpha value is -2.92. The highest BCUT2D eigenvalue weighted by Gasteiger charge is 2.68. The molecule has 0 radical (unpaired) electrons. The van der Waals surface area contributed by atoms with E-state index in [1.807, 2.05) is 19.1 Å². The van der Waals surface area contributed by atoms with Crippen molar-refractivity contribution in [2.45, 2.75) is 54.3 Å². The summed E-state index contributed by atoms with van der Waals surface area (Å²) in [5.41, 5.74) is 4.17. The SMILES string of the molecule is COC(=O)[C@H]1O[C@H](Sc2ccc(C)cc2)[C@@](O)(N=[N+]=[N-])[C@@H](OCc2ccccc2)[C@@]1(O)C(C)=O. The van der Waals surface area contributed by atoms with E-state index in [2.05, 4.69) is 10.0 Å². The molecule has 1 aliphatic rings. The van der Waals surface area contributed by atoms with Crippen LogP contribution in [0.1, 0.15) is 18.1 Å². The lowest BCUT2D eigenvalue weighted by atomic mass is 9.78. The number of Topliss-reactive ketones (excluding diaryl/α,β-unsaturated/α-hetero) is 1. The molecule has 34 heavy (non-hydrogen) atoms. The van der Waals surface area contributed by atoms with Crippen molar-refractivity contribution >= 4 is 23.5 Å². The van der Waals surface area contributed by atoms with E-state index in [9.17, 15) is 25.3 Å². The summed E-state index contributed by atoms with van der Waals surface area (Å²) in [6, 6.07) is 15.9. The van der Waals surface area contributed by atoms with Gasteiger partial charge in [-0.15, -0.1) is 0 Å². The van der Waals surface area contributed by atoms with Gasteiger partial charge in [-0.2, -0.15) is 0 Å². The quantitative estimate of drug-likeness (QED) is 0.250. The predicted octanol–water partition coefficient (Wildman–Crippen LogP) is 2.89. The summed E-state index contributed by atoms with van der Waals surface area (Å²) in [4.78, 5) is 28.6. The largest absolute Gasteiger partial charge is 0.467 e. The van der Waals surface area contributed by atoms with Gasteiger partial charge in [-0.3, -0.25) is 4.79 Å². The van der Waals surface area contributed by atoms with Gasteiger partial charge in [0.2, 0.25) is 5.72 Å². The molecule has 0 aromatic heterocycles. The zero-order valence-electron chi connectivity index (χ0n) is 18.8. The van der Waals surface area contributed by atoms with Gasteiger partial charge in [0.15, 0.2) is 17.5 Å². The maximum Gasteiger partial charge on any atom is 0.338 e. The molecule has 11 heteroatoms. The smallest absolute Gasteiger partial charge is 0.338 e. The second-order valence-electron chi connectivity index (χ2n) is 7.83. The number of ketones is 1. The Morgan fingerprint density at radius 2 is 1.82 bits per heavy atom. The lowest BCUT2D eigenvalue weighted by molar-refractivity contribution is -0.288. The number of methoxy groups -OCH3 is 1. The van der Waals surface area contributed by atoms with E-state index in [0.717, 1.165) is 31.4 Å². The normalized spacial score (nSPS) is 28.6. The first kappa shape index (κ1) is 25.7. The number of esters is 1. The second-order valence-corrected chi connectivity index (χ2v) is 8.97. The Kier molecular flexibility index (Phi) is 7.98. The van der Waals surface area contributed by atoms with E-state index in [1.165, 1.54) is 0 Å². The minimum Gasteiger partial charge on any atom is -0.467 e. The number of carbonyl (C=O) groups is 2. The zero-order valence-corrected chi connectivity index (χ0v) is 19.6. The molecule has 0 bridgehead atoms. The lowest BCUT2D eigenvalue weighted by Crippen LogP contribution is -2.75. The number of azide groups is 1. The molecule has 180 valence electrons. The predicted molar refractivity (Wildman–Crippen MR) is 122 cm³/mol. The maximum absolute atomic E-state index is 12.7. The zero-order chi connectivity index (χ0) is 24.9. The summed E-state index contributed by atoms with van der Waals surface area (Å²) < 4.78 is 16.3. The molecule has 0 saturated carbocycles. The topological polar surface area (TPSA) is 151 Å². The summed E-state index contributed by atoms with van der Waals surface area (Å²) >= 11 is 0.942. The van der Waals surface area contributed by atoms with Crippen LogP contribution in [0.15, 0.2) is 64.6 Å². The van der Waals surface area contributed by atoms with Crippen LogP contribution >= 0.6 is 11.8 Å². The highest BCUT2D eigenvalue weighted by atomic mass is 32.2. The summed E-state index contributed by atoms with van der Waals surface area (Å²) in [5.74, 6) is -1.99. The highest BCUT2D eigenvalue weighted by Crippen LogP contribution is 2.46. The van der Waals surface area contributed by atoms with E-state index < -0.39 is 40.7 Å². The summed E-state index contributed by atoms with van der Waals surface area (Å²) in [6.07, 6.45) is -3.72. The lowest BCUT2D eigenvalue weighted by Gasteiger charge is -2.51. The third-order valence-electron chi connectivity index (χ3n) is 5.50. The Labute approximate surface area is 200 Å². The minimum atomic E-state index is -2.71. The van der Waals surface area contributed by atoms with Crippen LogP contribution in [0, 0.1) is 6.92 Å². The van der Waals surface area contributed by atoms with Gasteiger partial charge < -0.3 is 24.4 Å². The van der Waals surface area contributed by atoms with E-state index in [-0.39, 0.29) is 6.61 Å².